The Bertz CT molecular complexity index is 3810. The van der Waals surface area contributed by atoms with E-state index in [2.05, 4.69) is 55.2 Å². The second kappa shape index (κ2) is 29.3. The summed E-state index contributed by atoms with van der Waals surface area (Å²) in [6, 6.07) is 12.7. The van der Waals surface area contributed by atoms with E-state index in [4.69, 9.17) is 44.0 Å². The molecule has 6 heterocycles. The van der Waals surface area contributed by atoms with Gasteiger partial charge in [-0.15, -0.1) is 0 Å². The molecule has 3 aromatic carbocycles. The number of anilines is 4. The van der Waals surface area contributed by atoms with E-state index in [1.54, 1.807) is 64.3 Å². The summed E-state index contributed by atoms with van der Waals surface area (Å²) in [5.41, 5.74) is 9.51. The zero-order valence-electron chi connectivity index (χ0n) is 50.6. The van der Waals surface area contributed by atoms with Crippen LogP contribution >= 0.6 is 15.5 Å². The van der Waals surface area contributed by atoms with E-state index < -0.39 is 148 Å². The van der Waals surface area contributed by atoms with Crippen LogP contribution < -0.4 is 45.8 Å². The van der Waals surface area contributed by atoms with E-state index in [1.807, 2.05) is 0 Å². The molecule has 2 aliphatic rings. The van der Waals surface area contributed by atoms with Gasteiger partial charge in [0.2, 0.25) is 46.7 Å². The summed E-state index contributed by atoms with van der Waals surface area (Å²) in [5.74, 6) is -14.5. The number of alkyl halides is 2. The predicted molar refractivity (Wildman–Crippen MR) is 314 cm³/mol. The van der Waals surface area contributed by atoms with Crippen molar-refractivity contribution in [3.8, 4) is 17.2 Å². The molecular formula is C54H67F7N14O15P2. The van der Waals surface area contributed by atoms with Crippen LogP contribution in [0.4, 0.5) is 54.3 Å². The lowest BCUT2D eigenvalue weighted by Crippen LogP contribution is -2.44. The summed E-state index contributed by atoms with van der Waals surface area (Å²) in [7, 11) is -5.94. The minimum atomic E-state index is -4.91. The van der Waals surface area contributed by atoms with Crippen molar-refractivity contribution in [1.29, 1.82) is 0 Å². The molecule has 0 spiro atoms. The number of benzene rings is 3. The third-order valence-electron chi connectivity index (χ3n) is 13.3. The van der Waals surface area contributed by atoms with E-state index in [0.29, 0.717) is 22.7 Å². The average molecular weight is 1350 g/mol. The van der Waals surface area contributed by atoms with Gasteiger partial charge in [0.1, 0.15) is 47.0 Å². The first-order valence-electron chi connectivity index (χ1n) is 27.7. The van der Waals surface area contributed by atoms with E-state index in [9.17, 15) is 60.4 Å². The number of carbonyl (C=O) groups is 2. The minimum Gasteiger partial charge on any atom is -0.462 e. The predicted octanol–water partition coefficient (Wildman–Crippen LogP) is 6.88. The zero-order chi connectivity index (χ0) is 67.9. The first-order chi connectivity index (χ1) is 43.2. The highest BCUT2D eigenvalue weighted by molar-refractivity contribution is 7.52. The van der Waals surface area contributed by atoms with Crippen molar-refractivity contribution in [2.24, 2.45) is 0 Å². The van der Waals surface area contributed by atoms with Crippen molar-refractivity contribution in [3.63, 3.8) is 0 Å². The molecule has 4 aromatic heterocycles. The summed E-state index contributed by atoms with van der Waals surface area (Å²) in [4.78, 5) is 49.0. The van der Waals surface area contributed by atoms with Gasteiger partial charge in [-0.25, -0.2) is 41.1 Å². The molecule has 0 radical (unpaired) electrons. The summed E-state index contributed by atoms with van der Waals surface area (Å²) < 4.78 is 170. The van der Waals surface area contributed by atoms with Crippen LogP contribution in [0.5, 0.6) is 17.2 Å². The number of para-hydroxylation sites is 2. The number of rotatable bonds is 22. The zero-order valence-corrected chi connectivity index (χ0v) is 52.4. The quantitative estimate of drug-likeness (QED) is 0.0110. The number of hydrogen-bond donors (Lipinski definition) is 9. The lowest BCUT2D eigenvalue weighted by molar-refractivity contribution is -0.150. The Morgan fingerprint density at radius 3 is 1.39 bits per heavy atom. The van der Waals surface area contributed by atoms with Gasteiger partial charge in [0, 0.05) is 14.1 Å². The molecule has 38 heteroatoms. The minimum absolute atomic E-state index is 0.00234. The van der Waals surface area contributed by atoms with Crippen molar-refractivity contribution in [2.45, 2.75) is 128 Å². The largest absolute Gasteiger partial charge is 0.513 e. The molecule has 12 atom stereocenters. The maximum Gasteiger partial charge on any atom is 0.513 e. The van der Waals surface area contributed by atoms with Crippen molar-refractivity contribution < 1.29 is 102 Å². The number of esters is 2. The Labute approximate surface area is 519 Å². The van der Waals surface area contributed by atoms with Gasteiger partial charge < -0.3 is 69.9 Å². The van der Waals surface area contributed by atoms with Crippen molar-refractivity contribution >= 4 is 73.3 Å². The molecule has 0 saturated carbocycles. The van der Waals surface area contributed by atoms with Crippen LogP contribution in [-0.4, -0.2) is 154 Å². The van der Waals surface area contributed by atoms with Crippen molar-refractivity contribution in [3.05, 3.63) is 102 Å². The molecule has 2 fully saturated rings. The molecule has 7 aromatic rings. The number of nitrogens with zero attached hydrogens (tertiary/aromatic N) is 8. The van der Waals surface area contributed by atoms with E-state index in [1.165, 1.54) is 87.6 Å². The second-order valence-electron chi connectivity index (χ2n) is 21.3. The number of fused-ring (bicyclic) bond motifs is 2. The smallest absolute Gasteiger partial charge is 0.462 e. The van der Waals surface area contributed by atoms with Gasteiger partial charge in [0.25, 0.3) is 0 Å². The third-order valence-corrected chi connectivity index (χ3v) is 16.5. The van der Waals surface area contributed by atoms with Crippen molar-refractivity contribution in [1.82, 2.24) is 49.2 Å². The fourth-order valence-corrected chi connectivity index (χ4v) is 11.8. The molecule has 0 aliphatic carbocycles. The molecule has 2 saturated heterocycles. The molecule has 2 aliphatic heterocycles. The molecule has 92 heavy (non-hydrogen) atoms. The number of nitrogens with two attached hydrogens (primary N) is 2. The van der Waals surface area contributed by atoms with Gasteiger partial charge in [-0.2, -0.15) is 38.9 Å². The molecule has 9 rings (SSSR count). The first-order valence-corrected chi connectivity index (χ1v) is 30.8. The molecule has 29 nitrogen and oxygen atoms in total. The van der Waals surface area contributed by atoms with Crippen LogP contribution in [0.2, 0.25) is 0 Å². The van der Waals surface area contributed by atoms with E-state index >= 15 is 4.39 Å². The van der Waals surface area contributed by atoms with Gasteiger partial charge in [0.05, 0.1) is 38.1 Å². The molecule has 0 unspecified atom stereocenters. The van der Waals surface area contributed by atoms with Gasteiger partial charge in [-0.1, -0.05) is 36.4 Å². The summed E-state index contributed by atoms with van der Waals surface area (Å²) in [5, 5.41) is 40.4. The Morgan fingerprint density at radius 2 is 1.00 bits per heavy atom. The number of carbonyl (C=O) groups excluding carboxylic acids is 2. The third kappa shape index (κ3) is 16.0. The number of nitrogen functional groups attached to an aromatic ring is 2. The monoisotopic (exact) mass is 1350 g/mol. The van der Waals surface area contributed by atoms with E-state index in [0.717, 1.165) is 0 Å². The van der Waals surface area contributed by atoms with Crippen LogP contribution in [0, 0.1) is 29.1 Å². The average Bonchev–Trinajstić information content (AvgIpc) is 1.58. The number of hydrogen-bond acceptors (Lipinski definition) is 25. The molecular weight excluding hydrogens is 1280 g/mol. The Balaban J connectivity index is 0.000000205. The van der Waals surface area contributed by atoms with Crippen LogP contribution in [0.1, 0.15) is 67.8 Å². The Morgan fingerprint density at radius 1 is 0.620 bits per heavy atom. The molecule has 0 amide bonds. The van der Waals surface area contributed by atoms with Crippen LogP contribution in [-0.2, 0) is 42.2 Å². The van der Waals surface area contributed by atoms with Gasteiger partial charge in [0.15, 0.2) is 58.8 Å². The van der Waals surface area contributed by atoms with Crippen LogP contribution in [0.25, 0.3) is 22.3 Å². The number of halogens is 7. The van der Waals surface area contributed by atoms with Crippen LogP contribution in [0.15, 0.2) is 73.3 Å². The van der Waals surface area contributed by atoms with Gasteiger partial charge in [-0.05, 0) is 79.7 Å². The summed E-state index contributed by atoms with van der Waals surface area (Å²) in [6.07, 6.45) is -7.76. The highest BCUT2D eigenvalue weighted by atomic mass is 31.2. The summed E-state index contributed by atoms with van der Waals surface area (Å²) in [6.45, 7) is 10.8. The SMILES string of the molecule is CC(C)OC(=O)[C@H](C)N[P@](=O)(Oc1ccccc1)Oc1c(F)c(F)c(F)c(F)c1F.CNc1nc(N)nc2c1ncn2[C@@H]1O[C@](C)(CO)[C@@H](O)[C@H]1F.CNc1nc(N)nc2c1ncn2[C@@H]1O[C@](C)(CO[P@@](=O)(N[C@@H](C)C(=O)OC(C)C)Oc2ccccc2)[C@@H](O)[C@H]1F. The standard InChI is InChI=1S/C24H33FN7O7P.C18H17F5NO5P.C12H17FN6O3/c1-13(2)37-22(34)14(3)31-40(35,39-15-9-7-6-8-10-15)36-11-24(4)18(33)16(25)21(38-24)32-12-28-17-19(27-5)29-23(26)30-20(17)32;1-9(2)27-18(25)10(3)24-30(26,28-11-7-5-4-6-8-11)29-17-15(22)13(20)12(19)14(21)16(17)23;1-12(3-20)7(21)5(13)10(22-12)19-4-16-6-8(15-2)17-11(14)18-9(6)19/h6-10,12-14,16,18,21,33H,11H2,1-5H3,(H,31,35)(H3,26,27,29,30);4-10H,1-3H3,(H,24,26);4-5,7,10,20-21H,3H2,1-2H3,(H3,14,15,17,18)/t14-,16+,18-,21+,24+,40-;10-,30-;5-,7+,10-,12-/m001/s1. The molecule has 502 valence electrons. The van der Waals surface area contributed by atoms with Gasteiger partial charge >= 0.3 is 27.4 Å². The Hall–Kier alpha value is -8.05. The Kier molecular flexibility index (Phi) is 22.7. The highest BCUT2D eigenvalue weighted by Crippen LogP contribution is 2.50. The highest BCUT2D eigenvalue weighted by Gasteiger charge is 2.56. The lowest BCUT2D eigenvalue weighted by atomic mass is 9.99. The van der Waals surface area contributed by atoms with Gasteiger partial charge in [-0.3, -0.25) is 23.2 Å². The van der Waals surface area contributed by atoms with Crippen LogP contribution in [0.3, 0.4) is 0 Å². The van der Waals surface area contributed by atoms with E-state index in [-0.39, 0.29) is 34.7 Å². The summed E-state index contributed by atoms with van der Waals surface area (Å²) >= 11 is 0. The second-order valence-corrected chi connectivity index (χ2v) is 24.6. The number of ether oxygens (including phenoxy) is 4. The fourth-order valence-electron chi connectivity index (χ4n) is 8.71. The topological polar surface area (TPSA) is 390 Å². The number of nitrogens with one attached hydrogen (secondary N) is 4. The molecule has 11 N–H and O–H groups in total. The maximum atomic E-state index is 15.5. The number of aliphatic hydroxyl groups excluding tert-OH is 3. The fraction of sp³-hybridized carbons (Fsp3) is 0.444. The molecule has 0 bridgehead atoms. The van der Waals surface area contributed by atoms with Crippen molar-refractivity contribution in [2.75, 3.05) is 49.4 Å². The normalized spacial score (nSPS) is 23.1. The first kappa shape index (κ1) is 71.4. The number of aliphatic hydroxyl groups is 3. The lowest BCUT2D eigenvalue weighted by Gasteiger charge is -2.30. The number of aromatic nitrogens is 8. The maximum absolute atomic E-state index is 15.5. The number of imidazole rings is 2.